The third kappa shape index (κ3) is 2.54. The molecule has 1 aliphatic rings. The van der Waals surface area contributed by atoms with Gasteiger partial charge in [-0.05, 0) is 18.6 Å². The molecule has 0 saturated carbocycles. The molecule has 0 bridgehead atoms. The highest BCUT2D eigenvalue weighted by atomic mass is 35.5. The van der Waals surface area contributed by atoms with Crippen molar-refractivity contribution in [1.29, 1.82) is 0 Å². The highest BCUT2D eigenvalue weighted by Crippen LogP contribution is 2.52. The zero-order chi connectivity index (χ0) is 15.7. The number of benzene rings is 2. The van der Waals surface area contributed by atoms with Crippen LogP contribution in [0.4, 0.5) is 0 Å². The summed E-state index contributed by atoms with van der Waals surface area (Å²) in [6.07, 6.45) is 0. The van der Waals surface area contributed by atoms with Crippen molar-refractivity contribution in [1.82, 2.24) is 0 Å². The van der Waals surface area contributed by atoms with Crippen molar-refractivity contribution >= 4 is 42.2 Å². The van der Waals surface area contributed by atoms with Gasteiger partial charge in [0.15, 0.2) is 8.15 Å². The second-order valence-corrected chi connectivity index (χ2v) is 7.73. The lowest BCUT2D eigenvalue weighted by molar-refractivity contribution is -0.118. The Hall–Kier alpha value is -1.08. The van der Waals surface area contributed by atoms with E-state index < -0.39 is 13.6 Å². The summed E-state index contributed by atoms with van der Waals surface area (Å²) in [5.41, 5.74) is 1.27. The molecule has 0 amide bonds. The SMILES string of the molecule is CC(CCl)(CCl)C(=O)P1Oc2ccccc2-c2ccccc21. The zero-order valence-electron chi connectivity index (χ0n) is 12.1. The number of carbonyl (C=O) groups is 1. The Morgan fingerprint density at radius 2 is 1.64 bits per heavy atom. The highest BCUT2D eigenvalue weighted by molar-refractivity contribution is 7.78. The maximum atomic E-state index is 13.0. The molecule has 2 aromatic carbocycles. The molecule has 0 aliphatic carbocycles. The van der Waals surface area contributed by atoms with Crippen molar-refractivity contribution in [2.75, 3.05) is 11.8 Å². The van der Waals surface area contributed by atoms with Crippen LogP contribution in [-0.2, 0) is 4.79 Å². The number of para-hydroxylation sites is 1. The minimum absolute atomic E-state index is 0.0190. The molecule has 1 heterocycles. The maximum Gasteiger partial charge on any atom is 0.207 e. The van der Waals surface area contributed by atoms with Crippen LogP contribution in [0.1, 0.15) is 6.92 Å². The number of hydrogen-bond donors (Lipinski definition) is 0. The van der Waals surface area contributed by atoms with Crippen LogP contribution in [0.2, 0.25) is 0 Å². The Labute approximate surface area is 141 Å². The standard InChI is InChI=1S/C17H15Cl2O2P/c1-17(10-18,11-19)16(20)22-15-9-5-3-7-13(15)12-6-2-4-8-14(12)21-22/h2-9H,10-11H2,1H3. The van der Waals surface area contributed by atoms with E-state index in [4.69, 9.17) is 27.7 Å². The summed E-state index contributed by atoms with van der Waals surface area (Å²) in [5.74, 6) is 1.11. The molecule has 2 aromatic rings. The Balaban J connectivity index is 2.11. The monoisotopic (exact) mass is 352 g/mol. The van der Waals surface area contributed by atoms with Gasteiger partial charge in [0.2, 0.25) is 5.52 Å². The van der Waals surface area contributed by atoms with Gasteiger partial charge in [-0.15, -0.1) is 23.2 Å². The fraction of sp³-hybridized carbons (Fsp3) is 0.235. The minimum Gasteiger partial charge on any atom is -0.461 e. The lowest BCUT2D eigenvalue weighted by Crippen LogP contribution is -2.34. The van der Waals surface area contributed by atoms with Crippen LogP contribution < -0.4 is 9.83 Å². The van der Waals surface area contributed by atoms with Crippen LogP contribution >= 0.6 is 31.4 Å². The van der Waals surface area contributed by atoms with Crippen LogP contribution in [0.25, 0.3) is 11.1 Å². The van der Waals surface area contributed by atoms with Gasteiger partial charge in [-0.2, -0.15) is 0 Å². The van der Waals surface area contributed by atoms with Gasteiger partial charge < -0.3 is 4.52 Å². The second-order valence-electron chi connectivity index (χ2n) is 5.53. The van der Waals surface area contributed by atoms with Gasteiger partial charge >= 0.3 is 0 Å². The summed E-state index contributed by atoms with van der Waals surface area (Å²) in [5, 5.41) is 0.933. The van der Waals surface area contributed by atoms with Gasteiger partial charge in [0.1, 0.15) is 5.75 Å². The number of fused-ring (bicyclic) bond motifs is 3. The molecule has 5 heteroatoms. The van der Waals surface area contributed by atoms with Crippen molar-refractivity contribution in [3.8, 4) is 16.9 Å². The van der Waals surface area contributed by atoms with Crippen LogP contribution in [0.15, 0.2) is 48.5 Å². The van der Waals surface area contributed by atoms with Gasteiger partial charge in [0.25, 0.3) is 0 Å². The van der Waals surface area contributed by atoms with Gasteiger partial charge in [-0.1, -0.05) is 42.5 Å². The molecule has 0 radical (unpaired) electrons. The fourth-order valence-corrected chi connectivity index (χ4v) is 5.10. The number of alkyl halides is 2. The lowest BCUT2D eigenvalue weighted by atomic mass is 9.98. The first-order valence-corrected chi connectivity index (χ1v) is 9.26. The first kappa shape index (κ1) is 15.8. The summed E-state index contributed by atoms with van der Waals surface area (Å²) >= 11 is 12.0. The van der Waals surface area contributed by atoms with E-state index in [1.165, 1.54) is 0 Å². The molecule has 0 saturated heterocycles. The Kier molecular flexibility index (Phi) is 4.45. The first-order chi connectivity index (χ1) is 10.6. The van der Waals surface area contributed by atoms with E-state index in [9.17, 15) is 4.79 Å². The minimum atomic E-state index is -1.44. The average Bonchev–Trinajstić information content (AvgIpc) is 2.59. The molecule has 1 atom stereocenters. The summed E-state index contributed by atoms with van der Waals surface area (Å²) < 4.78 is 6.07. The molecule has 22 heavy (non-hydrogen) atoms. The highest BCUT2D eigenvalue weighted by Gasteiger charge is 2.42. The molecule has 114 valence electrons. The van der Waals surface area contributed by atoms with Crippen molar-refractivity contribution in [2.24, 2.45) is 5.41 Å². The third-order valence-electron chi connectivity index (χ3n) is 3.78. The van der Waals surface area contributed by atoms with Crippen LogP contribution in [0.3, 0.4) is 0 Å². The quantitative estimate of drug-likeness (QED) is 0.584. The third-order valence-corrected chi connectivity index (χ3v) is 7.08. The predicted molar refractivity (Wildman–Crippen MR) is 93.6 cm³/mol. The molecule has 1 aliphatic heterocycles. The van der Waals surface area contributed by atoms with Crippen LogP contribution in [0, 0.1) is 5.41 Å². The molecule has 3 rings (SSSR count). The smallest absolute Gasteiger partial charge is 0.207 e. The average molecular weight is 353 g/mol. The van der Waals surface area contributed by atoms with Crippen molar-refractivity contribution in [3.05, 3.63) is 48.5 Å². The Bertz CT molecular complexity index is 713. The van der Waals surface area contributed by atoms with E-state index in [0.717, 1.165) is 22.2 Å². The van der Waals surface area contributed by atoms with Gasteiger partial charge in [0.05, 0.1) is 5.41 Å². The molecule has 0 N–H and O–H groups in total. The van der Waals surface area contributed by atoms with E-state index in [1.807, 2.05) is 48.5 Å². The zero-order valence-corrected chi connectivity index (χ0v) is 14.5. The van der Waals surface area contributed by atoms with E-state index in [2.05, 4.69) is 0 Å². The predicted octanol–water partition coefficient (Wildman–Crippen LogP) is 4.78. The first-order valence-electron chi connectivity index (χ1n) is 6.93. The van der Waals surface area contributed by atoms with Crippen molar-refractivity contribution in [2.45, 2.75) is 6.92 Å². The van der Waals surface area contributed by atoms with E-state index in [0.29, 0.717) is 0 Å². The molecular weight excluding hydrogens is 338 g/mol. The summed E-state index contributed by atoms with van der Waals surface area (Å²) in [6, 6.07) is 15.7. The summed E-state index contributed by atoms with van der Waals surface area (Å²) in [4.78, 5) is 13.0. The fourth-order valence-electron chi connectivity index (χ4n) is 2.34. The molecule has 2 nitrogen and oxygen atoms in total. The molecular formula is C17H15Cl2O2P. The normalized spacial score (nSPS) is 16.4. The number of halogens is 2. The molecule has 0 aromatic heterocycles. The van der Waals surface area contributed by atoms with Gasteiger partial charge in [-0.3, -0.25) is 4.79 Å². The van der Waals surface area contributed by atoms with E-state index in [-0.39, 0.29) is 17.3 Å². The van der Waals surface area contributed by atoms with E-state index >= 15 is 0 Å². The van der Waals surface area contributed by atoms with Crippen molar-refractivity contribution < 1.29 is 9.32 Å². The number of rotatable bonds is 4. The topological polar surface area (TPSA) is 26.3 Å². The Morgan fingerprint density at radius 3 is 2.32 bits per heavy atom. The molecule has 1 unspecified atom stereocenters. The van der Waals surface area contributed by atoms with Crippen LogP contribution in [-0.4, -0.2) is 17.3 Å². The van der Waals surface area contributed by atoms with Crippen LogP contribution in [0.5, 0.6) is 5.75 Å². The molecule has 0 spiro atoms. The Morgan fingerprint density at radius 1 is 1.05 bits per heavy atom. The molecule has 0 fully saturated rings. The van der Waals surface area contributed by atoms with Gasteiger partial charge in [-0.25, -0.2) is 0 Å². The lowest BCUT2D eigenvalue weighted by Gasteiger charge is -2.32. The summed E-state index contributed by atoms with van der Waals surface area (Å²) in [7, 11) is -1.44. The summed E-state index contributed by atoms with van der Waals surface area (Å²) in [6.45, 7) is 1.80. The largest absolute Gasteiger partial charge is 0.461 e. The number of carbonyl (C=O) groups excluding carboxylic acids is 1. The van der Waals surface area contributed by atoms with Gasteiger partial charge in [0, 0.05) is 22.6 Å². The van der Waals surface area contributed by atoms with E-state index in [1.54, 1.807) is 6.92 Å². The second kappa shape index (κ2) is 6.20. The maximum absolute atomic E-state index is 13.0. The van der Waals surface area contributed by atoms with Crippen molar-refractivity contribution in [3.63, 3.8) is 0 Å². The number of hydrogen-bond acceptors (Lipinski definition) is 2.